The average molecular weight is 231 g/mol. The molecule has 1 rings (SSSR count). The summed E-state index contributed by atoms with van der Waals surface area (Å²) in [7, 11) is 0. The van der Waals surface area contributed by atoms with Crippen LogP contribution in [-0.2, 0) is 4.79 Å². The van der Waals surface area contributed by atoms with E-state index in [2.05, 4.69) is 16.5 Å². The van der Waals surface area contributed by atoms with Gasteiger partial charge in [-0.25, -0.2) is 0 Å². The van der Waals surface area contributed by atoms with Crippen molar-refractivity contribution in [2.75, 3.05) is 38.2 Å². The molecule has 4 nitrogen and oxygen atoms in total. The number of primary amides is 1. The molecule has 0 unspecified atom stereocenters. The van der Waals surface area contributed by atoms with E-state index in [1.54, 1.807) is 0 Å². The molecule has 1 saturated heterocycles. The normalized spacial score (nSPS) is 18.3. The van der Waals surface area contributed by atoms with Crippen LogP contribution in [0.3, 0.4) is 0 Å². The van der Waals surface area contributed by atoms with E-state index < -0.39 is 0 Å². The fourth-order valence-electron chi connectivity index (χ4n) is 1.97. The maximum Gasteiger partial charge on any atom is 0.231 e. The molecule has 0 aromatic heterocycles. The molecular formula is C10H21N3OS. The van der Waals surface area contributed by atoms with Gasteiger partial charge in [0, 0.05) is 18.3 Å². The van der Waals surface area contributed by atoms with Crippen LogP contribution in [0.15, 0.2) is 0 Å². The SMILES string of the molecule is CSCCN(CC(N)=O)C1CCNCC1. The van der Waals surface area contributed by atoms with Crippen molar-refractivity contribution in [1.29, 1.82) is 0 Å². The lowest BCUT2D eigenvalue weighted by Crippen LogP contribution is -2.47. The molecule has 1 aliphatic heterocycles. The molecule has 1 heterocycles. The summed E-state index contributed by atoms with van der Waals surface area (Å²) in [5, 5.41) is 3.33. The lowest BCUT2D eigenvalue weighted by Gasteiger charge is -2.33. The molecule has 0 saturated carbocycles. The monoisotopic (exact) mass is 231 g/mol. The van der Waals surface area contributed by atoms with Crippen molar-refractivity contribution in [2.45, 2.75) is 18.9 Å². The first-order chi connectivity index (χ1) is 7.24. The summed E-state index contributed by atoms with van der Waals surface area (Å²) in [5.41, 5.74) is 5.27. The van der Waals surface area contributed by atoms with Crippen LogP contribution in [0.25, 0.3) is 0 Å². The Bertz CT molecular complexity index is 195. The van der Waals surface area contributed by atoms with Gasteiger partial charge in [-0.1, -0.05) is 0 Å². The van der Waals surface area contributed by atoms with E-state index >= 15 is 0 Å². The maximum absolute atomic E-state index is 11.0. The van der Waals surface area contributed by atoms with Crippen molar-refractivity contribution < 1.29 is 4.79 Å². The van der Waals surface area contributed by atoms with Gasteiger partial charge in [0.2, 0.25) is 5.91 Å². The van der Waals surface area contributed by atoms with Crippen LogP contribution in [0, 0.1) is 0 Å². The zero-order valence-electron chi connectivity index (χ0n) is 9.37. The van der Waals surface area contributed by atoms with Crippen LogP contribution in [0.2, 0.25) is 0 Å². The quantitative estimate of drug-likeness (QED) is 0.669. The van der Waals surface area contributed by atoms with E-state index in [1.807, 2.05) is 11.8 Å². The summed E-state index contributed by atoms with van der Waals surface area (Å²) in [6, 6.07) is 0.533. The minimum atomic E-state index is -0.213. The van der Waals surface area contributed by atoms with Crippen LogP contribution in [-0.4, -0.2) is 55.0 Å². The van der Waals surface area contributed by atoms with Crippen molar-refractivity contribution in [3.8, 4) is 0 Å². The van der Waals surface area contributed by atoms with Crippen molar-refractivity contribution in [3.63, 3.8) is 0 Å². The van der Waals surface area contributed by atoms with Crippen molar-refractivity contribution in [1.82, 2.24) is 10.2 Å². The largest absolute Gasteiger partial charge is 0.369 e. The highest BCUT2D eigenvalue weighted by Crippen LogP contribution is 2.12. The highest BCUT2D eigenvalue weighted by Gasteiger charge is 2.21. The minimum absolute atomic E-state index is 0.213. The molecule has 0 aromatic rings. The summed E-state index contributed by atoms with van der Waals surface area (Å²) >= 11 is 1.81. The van der Waals surface area contributed by atoms with Crippen LogP contribution in [0.5, 0.6) is 0 Å². The van der Waals surface area contributed by atoms with E-state index in [-0.39, 0.29) is 5.91 Å². The van der Waals surface area contributed by atoms with E-state index in [9.17, 15) is 4.79 Å². The topological polar surface area (TPSA) is 58.4 Å². The fraction of sp³-hybridized carbons (Fsp3) is 0.900. The standard InChI is InChI=1S/C10H21N3OS/c1-15-7-6-13(8-10(11)14)9-2-4-12-5-3-9/h9,12H,2-8H2,1H3,(H2,11,14). The minimum Gasteiger partial charge on any atom is -0.369 e. The third-order valence-electron chi connectivity index (χ3n) is 2.77. The summed E-state index contributed by atoms with van der Waals surface area (Å²) in [6.07, 6.45) is 4.34. The Morgan fingerprint density at radius 2 is 2.20 bits per heavy atom. The lowest BCUT2D eigenvalue weighted by atomic mass is 10.0. The molecule has 0 radical (unpaired) electrons. The number of nitrogens with two attached hydrogens (primary N) is 1. The first kappa shape index (κ1) is 12.8. The number of hydrogen-bond acceptors (Lipinski definition) is 4. The third kappa shape index (κ3) is 4.86. The predicted octanol–water partition coefficient (Wildman–Crippen LogP) is -0.111. The number of carbonyl (C=O) groups excluding carboxylic acids is 1. The van der Waals surface area contributed by atoms with E-state index in [4.69, 9.17) is 5.73 Å². The van der Waals surface area contributed by atoms with Crippen molar-refractivity contribution in [3.05, 3.63) is 0 Å². The smallest absolute Gasteiger partial charge is 0.231 e. The number of amides is 1. The van der Waals surface area contributed by atoms with Crippen molar-refractivity contribution in [2.24, 2.45) is 5.73 Å². The van der Waals surface area contributed by atoms with Gasteiger partial charge in [0.1, 0.15) is 0 Å². The Kier molecular flexibility index (Phi) is 6.05. The van der Waals surface area contributed by atoms with Crippen LogP contribution in [0.1, 0.15) is 12.8 Å². The van der Waals surface area contributed by atoms with E-state index in [0.717, 1.165) is 38.2 Å². The molecule has 1 fully saturated rings. The Labute approximate surface area is 96.0 Å². The number of carbonyl (C=O) groups is 1. The highest BCUT2D eigenvalue weighted by atomic mass is 32.2. The summed E-state index contributed by atoms with van der Waals surface area (Å²) in [6.45, 7) is 3.48. The van der Waals surface area contributed by atoms with Gasteiger partial charge in [0.05, 0.1) is 6.54 Å². The highest BCUT2D eigenvalue weighted by molar-refractivity contribution is 7.98. The summed E-state index contributed by atoms with van der Waals surface area (Å²) in [4.78, 5) is 13.2. The molecule has 0 bridgehead atoms. The summed E-state index contributed by atoms with van der Waals surface area (Å²) < 4.78 is 0. The first-order valence-corrected chi connectivity index (χ1v) is 6.85. The number of piperidine rings is 1. The number of rotatable bonds is 6. The van der Waals surface area contributed by atoms with Crippen molar-refractivity contribution >= 4 is 17.7 Å². The molecule has 15 heavy (non-hydrogen) atoms. The van der Waals surface area contributed by atoms with Gasteiger partial charge in [-0.3, -0.25) is 9.69 Å². The molecule has 0 spiro atoms. The van der Waals surface area contributed by atoms with E-state index in [1.165, 1.54) is 0 Å². The van der Waals surface area contributed by atoms with Crippen LogP contribution >= 0.6 is 11.8 Å². The molecular weight excluding hydrogens is 210 g/mol. The Balaban J connectivity index is 2.41. The molecule has 0 atom stereocenters. The molecule has 5 heteroatoms. The second kappa shape index (κ2) is 7.09. The van der Waals surface area contributed by atoms with Gasteiger partial charge in [-0.15, -0.1) is 0 Å². The second-order valence-electron chi connectivity index (χ2n) is 3.91. The van der Waals surface area contributed by atoms with Gasteiger partial charge in [-0.05, 0) is 32.2 Å². The zero-order chi connectivity index (χ0) is 11.1. The third-order valence-corrected chi connectivity index (χ3v) is 3.36. The first-order valence-electron chi connectivity index (χ1n) is 5.46. The molecule has 3 N–H and O–H groups in total. The van der Waals surface area contributed by atoms with Crippen LogP contribution < -0.4 is 11.1 Å². The number of nitrogens with one attached hydrogen (secondary N) is 1. The zero-order valence-corrected chi connectivity index (χ0v) is 10.2. The Morgan fingerprint density at radius 1 is 1.53 bits per heavy atom. The maximum atomic E-state index is 11.0. The van der Waals surface area contributed by atoms with Gasteiger partial charge >= 0.3 is 0 Å². The number of hydrogen-bond donors (Lipinski definition) is 2. The second-order valence-corrected chi connectivity index (χ2v) is 4.90. The van der Waals surface area contributed by atoms with Gasteiger partial charge in [0.25, 0.3) is 0 Å². The predicted molar refractivity (Wildman–Crippen MR) is 65.0 cm³/mol. The Morgan fingerprint density at radius 3 is 2.73 bits per heavy atom. The van der Waals surface area contributed by atoms with Crippen LogP contribution in [0.4, 0.5) is 0 Å². The molecule has 88 valence electrons. The molecule has 1 amide bonds. The Hall–Kier alpha value is -0.260. The number of thioether (sulfide) groups is 1. The molecule has 0 aliphatic carbocycles. The molecule has 1 aliphatic rings. The van der Waals surface area contributed by atoms with Gasteiger partial charge in [0.15, 0.2) is 0 Å². The molecule has 0 aromatic carbocycles. The van der Waals surface area contributed by atoms with Gasteiger partial charge < -0.3 is 11.1 Å². The van der Waals surface area contributed by atoms with Gasteiger partial charge in [-0.2, -0.15) is 11.8 Å². The number of nitrogens with zero attached hydrogens (tertiary/aromatic N) is 1. The summed E-state index contributed by atoms with van der Waals surface area (Å²) in [5.74, 6) is 0.853. The lowest BCUT2D eigenvalue weighted by molar-refractivity contribution is -0.119. The fourth-order valence-corrected chi connectivity index (χ4v) is 2.39. The van der Waals surface area contributed by atoms with E-state index in [0.29, 0.717) is 12.6 Å². The average Bonchev–Trinajstić information content (AvgIpc) is 2.25.